The molecule has 7 heteroatoms. The normalized spacial score (nSPS) is 10.7. The summed E-state index contributed by atoms with van der Waals surface area (Å²) in [6.45, 7) is -3.28. The minimum absolute atomic E-state index is 0.0844. The van der Waals surface area contributed by atoms with E-state index in [1.165, 1.54) is 0 Å². The molecule has 0 saturated heterocycles. The summed E-state index contributed by atoms with van der Waals surface area (Å²) in [7, 11) is 0. The molecule has 2 aromatic rings. The van der Waals surface area contributed by atoms with Crippen LogP contribution in [0.1, 0.15) is 21.5 Å². The summed E-state index contributed by atoms with van der Waals surface area (Å²) in [4.78, 5) is 12.1. The van der Waals surface area contributed by atoms with Gasteiger partial charge in [-0.3, -0.25) is 4.79 Å². The second kappa shape index (κ2) is 7.64. The van der Waals surface area contributed by atoms with Gasteiger partial charge in [0.2, 0.25) is 0 Å². The van der Waals surface area contributed by atoms with Crippen molar-refractivity contribution in [3.63, 3.8) is 0 Å². The van der Waals surface area contributed by atoms with Crippen LogP contribution < -0.4 is 10.1 Å². The number of ether oxygens (including phenoxy) is 1. The lowest BCUT2D eigenvalue weighted by atomic mass is 10.1. The molecule has 0 saturated carbocycles. The lowest BCUT2D eigenvalue weighted by Crippen LogP contribution is -2.24. The number of halogens is 3. The summed E-state index contributed by atoms with van der Waals surface area (Å²) < 4.78 is 42.0. The minimum atomic E-state index is -3.17. The fourth-order valence-corrected chi connectivity index (χ4v) is 2.03. The van der Waals surface area contributed by atoms with Gasteiger partial charge in [0.15, 0.2) is 0 Å². The van der Waals surface area contributed by atoms with Gasteiger partial charge >= 0.3 is 6.61 Å². The van der Waals surface area contributed by atoms with Gasteiger partial charge in [-0.2, -0.15) is 8.78 Å². The highest BCUT2D eigenvalue weighted by molar-refractivity contribution is 5.96. The van der Waals surface area contributed by atoms with E-state index in [1.54, 1.807) is 24.3 Å². The number of hydrogen-bond acceptors (Lipinski definition) is 3. The zero-order valence-corrected chi connectivity index (χ0v) is 11.9. The molecule has 0 aliphatic rings. The van der Waals surface area contributed by atoms with E-state index >= 15 is 0 Å². The number of carbonyl (C=O) groups excluding carboxylic acids is 1. The van der Waals surface area contributed by atoms with E-state index in [0.29, 0.717) is 11.1 Å². The maximum atomic E-state index is 13.1. The Morgan fingerprint density at radius 2 is 1.87 bits per heavy atom. The summed E-state index contributed by atoms with van der Waals surface area (Å²) in [6, 6.07) is 9.67. The first-order chi connectivity index (χ1) is 11.0. The smallest absolute Gasteiger partial charge is 0.387 e. The minimum Gasteiger partial charge on any atom is -0.434 e. The van der Waals surface area contributed by atoms with E-state index in [1.807, 2.05) is 0 Å². The zero-order chi connectivity index (χ0) is 16.8. The third kappa shape index (κ3) is 4.46. The SMILES string of the molecule is O=C(NCc1ccccc1CO)c1ccc(F)cc1OC(F)F. The molecular weight excluding hydrogens is 311 g/mol. The van der Waals surface area contributed by atoms with Crippen LogP contribution in [0, 0.1) is 5.82 Å². The Hall–Kier alpha value is -2.54. The molecule has 0 atom stereocenters. The van der Waals surface area contributed by atoms with Gasteiger partial charge in [-0.05, 0) is 23.3 Å². The Kier molecular flexibility index (Phi) is 5.59. The van der Waals surface area contributed by atoms with Crippen LogP contribution in [0.25, 0.3) is 0 Å². The fraction of sp³-hybridized carbons (Fsp3) is 0.188. The molecule has 1 amide bonds. The molecule has 2 N–H and O–H groups in total. The van der Waals surface area contributed by atoms with Gasteiger partial charge in [0.25, 0.3) is 5.91 Å². The molecule has 0 radical (unpaired) electrons. The number of aliphatic hydroxyl groups is 1. The predicted octanol–water partition coefficient (Wildman–Crippen LogP) is 2.85. The molecule has 2 rings (SSSR count). The van der Waals surface area contributed by atoms with E-state index in [4.69, 9.17) is 0 Å². The van der Waals surface area contributed by atoms with E-state index in [-0.39, 0.29) is 18.7 Å². The highest BCUT2D eigenvalue weighted by atomic mass is 19.3. The van der Waals surface area contributed by atoms with Gasteiger partial charge in [0.05, 0.1) is 12.2 Å². The van der Waals surface area contributed by atoms with E-state index in [0.717, 1.165) is 18.2 Å². The monoisotopic (exact) mass is 325 g/mol. The van der Waals surface area contributed by atoms with Crippen LogP contribution >= 0.6 is 0 Å². The van der Waals surface area contributed by atoms with Crippen molar-refractivity contribution >= 4 is 5.91 Å². The molecule has 0 aliphatic heterocycles. The van der Waals surface area contributed by atoms with Gasteiger partial charge in [0.1, 0.15) is 11.6 Å². The molecule has 122 valence electrons. The van der Waals surface area contributed by atoms with Crippen molar-refractivity contribution in [3.05, 3.63) is 65.0 Å². The quantitative estimate of drug-likeness (QED) is 0.859. The van der Waals surface area contributed by atoms with Crippen molar-refractivity contribution in [2.24, 2.45) is 0 Å². The van der Waals surface area contributed by atoms with Gasteiger partial charge in [-0.1, -0.05) is 24.3 Å². The summed E-state index contributed by atoms with van der Waals surface area (Å²) in [5.41, 5.74) is 1.12. The highest BCUT2D eigenvalue weighted by Crippen LogP contribution is 2.22. The second-order valence-corrected chi connectivity index (χ2v) is 4.63. The lowest BCUT2D eigenvalue weighted by molar-refractivity contribution is -0.0503. The molecule has 0 fully saturated rings. The van der Waals surface area contributed by atoms with Gasteiger partial charge in [-0.15, -0.1) is 0 Å². The third-order valence-electron chi connectivity index (χ3n) is 3.13. The van der Waals surface area contributed by atoms with Crippen molar-refractivity contribution in [2.75, 3.05) is 0 Å². The molecule has 0 heterocycles. The Morgan fingerprint density at radius 1 is 1.17 bits per heavy atom. The summed E-state index contributed by atoms with van der Waals surface area (Å²) >= 11 is 0. The van der Waals surface area contributed by atoms with Gasteiger partial charge in [0, 0.05) is 12.6 Å². The number of benzene rings is 2. The van der Waals surface area contributed by atoms with Gasteiger partial charge < -0.3 is 15.2 Å². The Bertz CT molecular complexity index is 692. The van der Waals surface area contributed by atoms with E-state index in [9.17, 15) is 23.1 Å². The van der Waals surface area contributed by atoms with Crippen LogP contribution in [0.15, 0.2) is 42.5 Å². The Balaban J connectivity index is 2.14. The number of nitrogens with one attached hydrogen (secondary N) is 1. The molecule has 0 bridgehead atoms. The highest BCUT2D eigenvalue weighted by Gasteiger charge is 2.17. The molecule has 2 aromatic carbocycles. The first-order valence-corrected chi connectivity index (χ1v) is 6.71. The summed E-state index contributed by atoms with van der Waals surface area (Å²) in [5.74, 6) is -2.01. The number of amides is 1. The van der Waals surface area contributed by atoms with Crippen LogP contribution in [0.2, 0.25) is 0 Å². The number of carbonyl (C=O) groups is 1. The van der Waals surface area contributed by atoms with Crippen molar-refractivity contribution in [1.29, 1.82) is 0 Å². The maximum Gasteiger partial charge on any atom is 0.387 e. The Morgan fingerprint density at radius 3 is 2.52 bits per heavy atom. The van der Waals surface area contributed by atoms with Gasteiger partial charge in [-0.25, -0.2) is 4.39 Å². The molecule has 0 aliphatic carbocycles. The van der Waals surface area contributed by atoms with E-state index < -0.39 is 24.1 Å². The van der Waals surface area contributed by atoms with Crippen LogP contribution in [-0.4, -0.2) is 17.6 Å². The predicted molar refractivity (Wildman–Crippen MR) is 76.6 cm³/mol. The van der Waals surface area contributed by atoms with Crippen LogP contribution in [0.3, 0.4) is 0 Å². The molecule has 4 nitrogen and oxygen atoms in total. The van der Waals surface area contributed by atoms with Crippen LogP contribution in [0.4, 0.5) is 13.2 Å². The van der Waals surface area contributed by atoms with Crippen molar-refractivity contribution < 1.29 is 27.8 Å². The van der Waals surface area contributed by atoms with Crippen LogP contribution in [-0.2, 0) is 13.2 Å². The molecule has 0 aromatic heterocycles. The average Bonchev–Trinajstić information content (AvgIpc) is 2.52. The first kappa shape index (κ1) is 16.8. The zero-order valence-electron chi connectivity index (χ0n) is 11.9. The van der Waals surface area contributed by atoms with Crippen molar-refractivity contribution in [3.8, 4) is 5.75 Å². The topological polar surface area (TPSA) is 58.6 Å². The second-order valence-electron chi connectivity index (χ2n) is 4.63. The lowest BCUT2D eigenvalue weighted by Gasteiger charge is -2.12. The molecule has 23 heavy (non-hydrogen) atoms. The number of aliphatic hydroxyl groups excluding tert-OH is 1. The molecule has 0 unspecified atom stereocenters. The molecular formula is C16H14F3NO3. The summed E-state index contributed by atoms with van der Waals surface area (Å²) in [5, 5.41) is 11.7. The van der Waals surface area contributed by atoms with Crippen LogP contribution in [0.5, 0.6) is 5.75 Å². The Labute approximate surface area is 130 Å². The largest absolute Gasteiger partial charge is 0.434 e. The number of alkyl halides is 2. The van der Waals surface area contributed by atoms with E-state index in [2.05, 4.69) is 10.1 Å². The number of hydrogen-bond donors (Lipinski definition) is 2. The molecule has 0 spiro atoms. The average molecular weight is 325 g/mol. The summed E-state index contributed by atoms with van der Waals surface area (Å²) in [6.07, 6.45) is 0. The fourth-order valence-electron chi connectivity index (χ4n) is 2.03. The first-order valence-electron chi connectivity index (χ1n) is 6.71. The standard InChI is InChI=1S/C16H14F3NO3/c17-12-5-6-13(14(7-12)23-16(18)19)15(22)20-8-10-3-1-2-4-11(10)9-21/h1-7,16,21H,8-9H2,(H,20,22). The number of rotatable bonds is 6. The van der Waals surface area contributed by atoms with Crippen molar-refractivity contribution in [2.45, 2.75) is 19.8 Å². The third-order valence-corrected chi connectivity index (χ3v) is 3.13. The maximum absolute atomic E-state index is 13.1. The van der Waals surface area contributed by atoms with Crippen molar-refractivity contribution in [1.82, 2.24) is 5.32 Å².